The third-order valence-electron chi connectivity index (χ3n) is 4.62. The Hall–Kier alpha value is -1.46. The molecule has 0 spiro atoms. The predicted molar refractivity (Wildman–Crippen MR) is 88.6 cm³/mol. The van der Waals surface area contributed by atoms with E-state index in [1.165, 1.54) is 12.1 Å². The Morgan fingerprint density at radius 1 is 1.35 bits per heavy atom. The average Bonchev–Trinajstić information content (AvgIpc) is 2.59. The molecule has 4 nitrogen and oxygen atoms in total. The van der Waals surface area contributed by atoms with Crippen LogP contribution in [0, 0.1) is 11.7 Å². The molecular formula is C18H27FN2O2. The summed E-state index contributed by atoms with van der Waals surface area (Å²) in [6, 6.07) is 6.95. The molecule has 0 aliphatic carbocycles. The number of carbonyl (C=O) groups excluding carboxylic acids is 1. The van der Waals surface area contributed by atoms with Gasteiger partial charge in [-0.2, -0.15) is 0 Å². The summed E-state index contributed by atoms with van der Waals surface area (Å²) in [6.45, 7) is 5.29. The van der Waals surface area contributed by atoms with Gasteiger partial charge < -0.3 is 10.1 Å². The summed E-state index contributed by atoms with van der Waals surface area (Å²) in [5, 5.41) is 2.99. The summed E-state index contributed by atoms with van der Waals surface area (Å²) in [6.07, 6.45) is 2.60. The van der Waals surface area contributed by atoms with Gasteiger partial charge in [0.05, 0.1) is 0 Å². The fourth-order valence-corrected chi connectivity index (χ4v) is 3.07. The number of nitrogens with zero attached hydrogens (tertiary/aromatic N) is 1. The number of carbonyl (C=O) groups is 1. The van der Waals surface area contributed by atoms with Gasteiger partial charge in [0.2, 0.25) is 5.91 Å². The molecule has 1 atom stereocenters. The van der Waals surface area contributed by atoms with Gasteiger partial charge >= 0.3 is 0 Å². The first-order valence-corrected chi connectivity index (χ1v) is 8.38. The van der Waals surface area contributed by atoms with Gasteiger partial charge in [-0.05, 0) is 57.0 Å². The minimum atomic E-state index is -0.204. The largest absolute Gasteiger partial charge is 0.385 e. The van der Waals surface area contributed by atoms with Crippen LogP contribution in [-0.4, -0.2) is 44.2 Å². The van der Waals surface area contributed by atoms with E-state index in [2.05, 4.69) is 17.1 Å². The molecule has 1 aliphatic heterocycles. The van der Waals surface area contributed by atoms with Crippen LogP contribution in [0.5, 0.6) is 0 Å². The van der Waals surface area contributed by atoms with Crippen molar-refractivity contribution in [3.63, 3.8) is 0 Å². The van der Waals surface area contributed by atoms with Crippen molar-refractivity contribution >= 4 is 5.91 Å². The maximum atomic E-state index is 13.0. The van der Waals surface area contributed by atoms with E-state index >= 15 is 0 Å². The number of amides is 1. The Morgan fingerprint density at radius 3 is 2.61 bits per heavy atom. The fourth-order valence-electron chi connectivity index (χ4n) is 3.07. The van der Waals surface area contributed by atoms with Gasteiger partial charge in [-0.25, -0.2) is 4.39 Å². The highest BCUT2D eigenvalue weighted by atomic mass is 19.1. The Kier molecular flexibility index (Phi) is 6.99. The molecule has 1 fully saturated rings. The van der Waals surface area contributed by atoms with Gasteiger partial charge in [0, 0.05) is 32.2 Å². The number of methoxy groups -OCH3 is 1. The lowest BCUT2D eigenvalue weighted by Gasteiger charge is -2.35. The number of likely N-dealkylation sites (tertiary alicyclic amines) is 1. The van der Waals surface area contributed by atoms with Crippen molar-refractivity contribution in [3.05, 3.63) is 35.6 Å². The number of ether oxygens (including phenoxy) is 1. The van der Waals surface area contributed by atoms with Crippen molar-refractivity contribution in [2.75, 3.05) is 33.4 Å². The van der Waals surface area contributed by atoms with Gasteiger partial charge in [-0.1, -0.05) is 12.1 Å². The molecule has 2 rings (SSSR count). The molecule has 0 radical (unpaired) electrons. The summed E-state index contributed by atoms with van der Waals surface area (Å²) in [7, 11) is 1.67. The van der Waals surface area contributed by atoms with Crippen LogP contribution in [-0.2, 0) is 9.53 Å². The van der Waals surface area contributed by atoms with Crippen LogP contribution in [0.3, 0.4) is 0 Å². The second kappa shape index (κ2) is 8.99. The SMILES string of the molecule is COCCCNC(=O)C1CCN(C(C)c2ccc(F)cc2)CC1. The molecule has 1 aliphatic rings. The minimum Gasteiger partial charge on any atom is -0.385 e. The highest BCUT2D eigenvalue weighted by Gasteiger charge is 2.27. The summed E-state index contributed by atoms with van der Waals surface area (Å²) >= 11 is 0. The number of rotatable bonds is 7. The van der Waals surface area contributed by atoms with Crippen LogP contribution in [0.1, 0.15) is 37.8 Å². The molecule has 1 saturated heterocycles. The molecule has 1 unspecified atom stereocenters. The number of benzene rings is 1. The molecule has 5 heteroatoms. The first-order valence-electron chi connectivity index (χ1n) is 8.38. The molecule has 1 aromatic carbocycles. The second-order valence-corrected chi connectivity index (χ2v) is 6.18. The monoisotopic (exact) mass is 322 g/mol. The standard InChI is InChI=1S/C18H27FN2O2/c1-14(15-4-6-17(19)7-5-15)21-11-8-16(9-12-21)18(22)20-10-3-13-23-2/h4-7,14,16H,3,8-13H2,1-2H3,(H,20,22). The third kappa shape index (κ3) is 5.29. The molecule has 1 heterocycles. The Bertz CT molecular complexity index is 484. The summed E-state index contributed by atoms with van der Waals surface area (Å²) < 4.78 is 18.0. The zero-order valence-electron chi connectivity index (χ0n) is 14.1. The maximum Gasteiger partial charge on any atom is 0.223 e. The topological polar surface area (TPSA) is 41.6 Å². The van der Waals surface area contributed by atoms with Crippen molar-refractivity contribution in [1.29, 1.82) is 0 Å². The van der Waals surface area contributed by atoms with E-state index in [1.807, 2.05) is 12.1 Å². The average molecular weight is 322 g/mol. The van der Waals surface area contributed by atoms with E-state index in [-0.39, 0.29) is 23.7 Å². The van der Waals surface area contributed by atoms with Crippen molar-refractivity contribution in [2.24, 2.45) is 5.92 Å². The predicted octanol–water partition coefficient (Wildman–Crippen LogP) is 2.75. The molecule has 1 amide bonds. The van der Waals surface area contributed by atoms with E-state index in [0.29, 0.717) is 13.2 Å². The van der Waals surface area contributed by atoms with Crippen LogP contribution in [0.25, 0.3) is 0 Å². The first-order chi connectivity index (χ1) is 11.1. The van der Waals surface area contributed by atoms with Crippen LogP contribution in [0.2, 0.25) is 0 Å². The first kappa shape index (κ1) is 17.9. The molecule has 1 N–H and O–H groups in total. The smallest absolute Gasteiger partial charge is 0.223 e. The van der Waals surface area contributed by atoms with Gasteiger partial charge in [0.15, 0.2) is 0 Å². The van der Waals surface area contributed by atoms with E-state index in [0.717, 1.165) is 37.9 Å². The van der Waals surface area contributed by atoms with E-state index in [1.54, 1.807) is 7.11 Å². The number of halogens is 1. The van der Waals surface area contributed by atoms with Gasteiger partial charge in [0.25, 0.3) is 0 Å². The van der Waals surface area contributed by atoms with Crippen LogP contribution in [0.15, 0.2) is 24.3 Å². The summed E-state index contributed by atoms with van der Waals surface area (Å²) in [5.41, 5.74) is 1.12. The van der Waals surface area contributed by atoms with Crippen LogP contribution >= 0.6 is 0 Å². The molecule has 1 aromatic rings. The number of piperidine rings is 1. The lowest BCUT2D eigenvalue weighted by molar-refractivity contribution is -0.126. The van der Waals surface area contributed by atoms with E-state index in [4.69, 9.17) is 4.74 Å². The molecular weight excluding hydrogens is 295 g/mol. The lowest BCUT2D eigenvalue weighted by Crippen LogP contribution is -2.41. The van der Waals surface area contributed by atoms with Crippen LogP contribution in [0.4, 0.5) is 4.39 Å². The van der Waals surface area contributed by atoms with Gasteiger partial charge in [-0.3, -0.25) is 9.69 Å². The quantitative estimate of drug-likeness (QED) is 0.785. The fraction of sp³-hybridized carbons (Fsp3) is 0.611. The summed E-state index contributed by atoms with van der Waals surface area (Å²) in [4.78, 5) is 14.5. The zero-order valence-corrected chi connectivity index (χ0v) is 14.1. The Balaban J connectivity index is 1.76. The minimum absolute atomic E-state index is 0.106. The number of nitrogens with one attached hydrogen (secondary N) is 1. The molecule has 0 bridgehead atoms. The van der Waals surface area contributed by atoms with Crippen molar-refractivity contribution in [1.82, 2.24) is 10.2 Å². The second-order valence-electron chi connectivity index (χ2n) is 6.18. The highest BCUT2D eigenvalue weighted by Crippen LogP contribution is 2.26. The lowest BCUT2D eigenvalue weighted by atomic mass is 9.94. The Morgan fingerprint density at radius 2 is 2.00 bits per heavy atom. The normalized spacial score (nSPS) is 17.9. The zero-order chi connectivity index (χ0) is 16.7. The van der Waals surface area contributed by atoms with Crippen molar-refractivity contribution in [3.8, 4) is 0 Å². The summed E-state index contributed by atoms with van der Waals surface area (Å²) in [5.74, 6) is 0.0641. The van der Waals surface area contributed by atoms with Gasteiger partial charge in [0.1, 0.15) is 5.82 Å². The van der Waals surface area contributed by atoms with Crippen LogP contribution < -0.4 is 5.32 Å². The molecule has 0 saturated carbocycles. The highest BCUT2D eigenvalue weighted by molar-refractivity contribution is 5.78. The third-order valence-corrected chi connectivity index (χ3v) is 4.62. The molecule has 128 valence electrons. The number of hydrogen-bond acceptors (Lipinski definition) is 3. The number of hydrogen-bond donors (Lipinski definition) is 1. The van der Waals surface area contributed by atoms with E-state index < -0.39 is 0 Å². The Labute approximate surface area is 138 Å². The van der Waals surface area contributed by atoms with Crippen molar-refractivity contribution < 1.29 is 13.9 Å². The van der Waals surface area contributed by atoms with Gasteiger partial charge in [-0.15, -0.1) is 0 Å². The molecule has 23 heavy (non-hydrogen) atoms. The van der Waals surface area contributed by atoms with Crippen molar-refractivity contribution in [2.45, 2.75) is 32.2 Å². The molecule has 0 aromatic heterocycles. The van der Waals surface area contributed by atoms with E-state index in [9.17, 15) is 9.18 Å². The maximum absolute atomic E-state index is 13.0.